The topological polar surface area (TPSA) is 144 Å². The number of ether oxygens (including phenoxy) is 2. The van der Waals surface area contributed by atoms with Gasteiger partial charge in [0.15, 0.2) is 16.5 Å². The number of nitrogens with two attached hydrogens (primary N) is 1. The molecule has 0 amide bonds. The van der Waals surface area contributed by atoms with Crippen LogP contribution in [0.2, 0.25) is 10.0 Å². The van der Waals surface area contributed by atoms with E-state index in [0.717, 1.165) is 0 Å². The molecule has 4 atom stereocenters. The van der Waals surface area contributed by atoms with Crippen molar-refractivity contribution < 1.29 is 44.8 Å². The van der Waals surface area contributed by atoms with Crippen LogP contribution in [0.4, 0.5) is 32.2 Å². The van der Waals surface area contributed by atoms with E-state index in [1.165, 1.54) is 6.07 Å². The van der Waals surface area contributed by atoms with Gasteiger partial charge in [-0.1, -0.05) is 90.6 Å². The lowest BCUT2D eigenvalue weighted by molar-refractivity contribution is -0.149. The summed E-state index contributed by atoms with van der Waals surface area (Å²) in [6, 6.07) is 20.5. The van der Waals surface area contributed by atoms with Gasteiger partial charge in [0, 0.05) is 5.56 Å². The average molecular weight is 853 g/mol. The van der Waals surface area contributed by atoms with Gasteiger partial charge in [-0.15, -0.1) is 0 Å². The van der Waals surface area contributed by atoms with Crippen molar-refractivity contribution >= 4 is 69.0 Å². The number of halogens is 10. The zero-order chi connectivity index (χ0) is 40.3. The van der Waals surface area contributed by atoms with Crippen molar-refractivity contribution in [1.29, 1.82) is 10.5 Å². The van der Waals surface area contributed by atoms with Gasteiger partial charge < -0.3 is 15.2 Å². The minimum absolute atomic E-state index is 0.114. The van der Waals surface area contributed by atoms with Gasteiger partial charge in [-0.3, -0.25) is 4.79 Å². The number of hydrogen-bond donors (Lipinski definition) is 1. The van der Waals surface area contributed by atoms with Crippen LogP contribution in [0, 0.1) is 39.9 Å². The quantitative estimate of drug-likeness (QED) is 0.136. The number of alkyl halides is 6. The van der Waals surface area contributed by atoms with Gasteiger partial charge in [0.25, 0.3) is 0 Å². The van der Waals surface area contributed by atoms with E-state index < -0.39 is 72.3 Å². The first-order valence-corrected chi connectivity index (χ1v) is 17.6. The summed E-state index contributed by atoms with van der Waals surface area (Å²) in [4.78, 5) is 11.5. The van der Waals surface area contributed by atoms with Crippen molar-refractivity contribution in [2.75, 3.05) is 5.73 Å². The Balaban J connectivity index is 0.000000241. The second-order valence-corrected chi connectivity index (χ2v) is 15.0. The summed E-state index contributed by atoms with van der Waals surface area (Å²) in [5.41, 5.74) is -2.19. The van der Waals surface area contributed by atoms with E-state index in [0.29, 0.717) is 33.9 Å². The Morgan fingerprint density at radius 2 is 1.59 bits per heavy atom. The highest BCUT2D eigenvalue weighted by molar-refractivity contribution is 7.86. The number of nitrogens with zero attached hydrogens (tertiary/aromatic N) is 4. The predicted molar refractivity (Wildman–Crippen MR) is 188 cm³/mol. The Morgan fingerprint density at radius 1 is 1.00 bits per heavy atom. The van der Waals surface area contributed by atoms with Crippen LogP contribution in [-0.2, 0) is 26.5 Å². The molecule has 1 fully saturated rings. The van der Waals surface area contributed by atoms with Gasteiger partial charge in [-0.05, 0) is 53.8 Å². The maximum absolute atomic E-state index is 12.7. The fourth-order valence-corrected chi connectivity index (χ4v) is 6.88. The minimum atomic E-state index is -5.25. The van der Waals surface area contributed by atoms with Crippen LogP contribution in [0.3, 0.4) is 0 Å². The number of nitriles is 2. The fraction of sp³-hybridized carbons (Fsp3) is 0.235. The molecule has 0 radical (unpaired) electrons. The Morgan fingerprint density at radius 3 is 2.11 bits per heavy atom. The molecule has 3 aromatic carbocycles. The average Bonchev–Trinajstić information content (AvgIpc) is 3.46. The van der Waals surface area contributed by atoms with E-state index in [2.05, 4.69) is 5.10 Å². The third-order valence-corrected chi connectivity index (χ3v) is 9.92. The molecule has 2 N–H and O–H groups in total. The number of anilines is 1. The highest BCUT2D eigenvalue weighted by Gasteiger charge is 2.62. The predicted octanol–water partition coefficient (Wildman–Crippen LogP) is 10.5. The SMILES string of the molecule is CC1(C)[C@H](C=C(Cl)Cl)[C@@H]1C(=O)O[C@@H](C#N)c1cccc(Oc2ccccc2)c1.N#Cc1nn(-c2c(Cl)cc(C(F)(F)F)cc2Cl)c(N)c1S(=O)C(F)(F)F. The molecule has 1 aromatic heterocycles. The number of esters is 1. The molecule has 0 saturated heterocycles. The van der Waals surface area contributed by atoms with Crippen LogP contribution in [0.15, 0.2) is 82.2 Å². The van der Waals surface area contributed by atoms with Gasteiger partial charge in [-0.2, -0.15) is 42.0 Å². The number of nitrogen functional groups attached to an aromatic ring is 1. The number of carbonyl (C=O) groups is 1. The maximum Gasteiger partial charge on any atom is 0.476 e. The second kappa shape index (κ2) is 16.5. The van der Waals surface area contributed by atoms with Gasteiger partial charge in [0.05, 0.1) is 21.5 Å². The molecule has 284 valence electrons. The van der Waals surface area contributed by atoms with Crippen LogP contribution in [-0.4, -0.2) is 25.5 Å². The Kier molecular flexibility index (Phi) is 12.9. The zero-order valence-corrected chi connectivity index (χ0v) is 31.2. The van der Waals surface area contributed by atoms with E-state index in [-0.39, 0.29) is 21.7 Å². The molecular formula is C34H23Cl4F6N5O4S. The fourth-order valence-electron chi connectivity index (χ4n) is 5.19. The molecule has 1 aliphatic rings. The molecular weight excluding hydrogens is 830 g/mol. The molecule has 1 unspecified atom stereocenters. The van der Waals surface area contributed by atoms with Crippen LogP contribution in [0.1, 0.15) is 36.8 Å². The number of para-hydroxylation sites is 1. The normalized spacial score (nSPS) is 17.1. The maximum atomic E-state index is 12.7. The van der Waals surface area contributed by atoms with Crippen LogP contribution in [0.25, 0.3) is 5.69 Å². The van der Waals surface area contributed by atoms with E-state index in [1.807, 2.05) is 50.2 Å². The highest BCUT2D eigenvalue weighted by atomic mass is 35.5. The van der Waals surface area contributed by atoms with E-state index >= 15 is 0 Å². The molecule has 20 heteroatoms. The van der Waals surface area contributed by atoms with E-state index in [9.17, 15) is 40.6 Å². The summed E-state index contributed by atoms with van der Waals surface area (Å²) in [6.07, 6.45) is -4.17. The molecule has 4 aromatic rings. The molecule has 1 heterocycles. The van der Waals surface area contributed by atoms with Crippen molar-refractivity contribution in [2.45, 2.75) is 36.5 Å². The summed E-state index contributed by atoms with van der Waals surface area (Å²) in [5.74, 6) is -0.613. The summed E-state index contributed by atoms with van der Waals surface area (Å²) >= 11 is 22.9. The monoisotopic (exact) mass is 851 g/mol. The number of carbonyl (C=O) groups excluding carboxylic acids is 1. The lowest BCUT2D eigenvalue weighted by Crippen LogP contribution is -2.18. The molecule has 1 aliphatic carbocycles. The number of benzene rings is 3. The van der Waals surface area contributed by atoms with Crippen molar-refractivity contribution in [2.24, 2.45) is 17.3 Å². The van der Waals surface area contributed by atoms with Crippen LogP contribution >= 0.6 is 46.4 Å². The van der Waals surface area contributed by atoms with Crippen molar-refractivity contribution in [3.63, 3.8) is 0 Å². The van der Waals surface area contributed by atoms with Crippen molar-refractivity contribution in [3.05, 3.63) is 104 Å². The molecule has 1 saturated carbocycles. The zero-order valence-electron chi connectivity index (χ0n) is 27.3. The molecule has 5 rings (SSSR count). The van der Waals surface area contributed by atoms with Gasteiger partial charge in [0.2, 0.25) is 6.10 Å². The molecule has 0 bridgehead atoms. The summed E-state index contributed by atoms with van der Waals surface area (Å²) in [5, 5.41) is 20.6. The Hall–Kier alpha value is -4.45. The first kappa shape index (κ1) is 42.3. The summed E-state index contributed by atoms with van der Waals surface area (Å²) in [7, 11) is -3.71. The third kappa shape index (κ3) is 9.61. The summed E-state index contributed by atoms with van der Waals surface area (Å²) < 4.78 is 99.7. The molecule has 0 spiro atoms. The van der Waals surface area contributed by atoms with Crippen LogP contribution < -0.4 is 10.5 Å². The number of allylic oxidation sites excluding steroid dienone is 1. The first-order chi connectivity index (χ1) is 25.1. The lowest BCUT2D eigenvalue weighted by atomic mass is 10.1. The van der Waals surface area contributed by atoms with E-state index in [1.54, 1.807) is 30.3 Å². The van der Waals surface area contributed by atoms with Gasteiger partial charge in [-0.25, -0.2) is 8.89 Å². The van der Waals surface area contributed by atoms with Gasteiger partial charge >= 0.3 is 17.7 Å². The van der Waals surface area contributed by atoms with E-state index in [4.69, 9.17) is 66.9 Å². The molecule has 0 aliphatic heterocycles. The van der Waals surface area contributed by atoms with Crippen LogP contribution in [0.5, 0.6) is 11.5 Å². The molecule has 54 heavy (non-hydrogen) atoms. The lowest BCUT2D eigenvalue weighted by Gasteiger charge is -2.13. The van der Waals surface area contributed by atoms with Gasteiger partial charge in [0.1, 0.15) is 44.5 Å². The number of aromatic nitrogens is 2. The minimum Gasteiger partial charge on any atom is -0.457 e. The largest absolute Gasteiger partial charge is 0.476 e. The van der Waals surface area contributed by atoms with Crippen molar-refractivity contribution in [3.8, 4) is 29.3 Å². The Labute approximate surface area is 325 Å². The Bertz CT molecular complexity index is 2170. The first-order valence-electron chi connectivity index (χ1n) is 14.9. The number of rotatable bonds is 8. The van der Waals surface area contributed by atoms with Crippen molar-refractivity contribution in [1.82, 2.24) is 9.78 Å². The second-order valence-electron chi connectivity index (χ2n) is 11.8. The smallest absolute Gasteiger partial charge is 0.457 e. The third-order valence-electron chi connectivity index (χ3n) is 7.89. The highest BCUT2D eigenvalue weighted by Crippen LogP contribution is 2.60. The molecule has 9 nitrogen and oxygen atoms in total. The number of hydrogen-bond acceptors (Lipinski definition) is 8. The standard InChI is InChI=1S/C22H19Cl2NO3.C12H4Cl2F6N4OS/c1-22(2)17(12-19(23)24)20(22)21(26)28-18(13-25)14-7-6-10-16(11-14)27-15-8-4-3-5-9-15;13-5-1-4(11(15,16)17)2-6(14)8(5)24-10(22)9(7(3-21)23-24)26(25)12(18,19)20/h3-12,17-18,20H,1-2H3;1-2H,22H2/t17-,18+,20-;/m1./s1. The summed E-state index contributed by atoms with van der Waals surface area (Å²) in [6.45, 7) is 3.87.